The summed E-state index contributed by atoms with van der Waals surface area (Å²) < 4.78 is 5.31. The van der Waals surface area contributed by atoms with Crippen molar-refractivity contribution in [1.82, 2.24) is 10.2 Å². The van der Waals surface area contributed by atoms with Crippen LogP contribution in [0.15, 0.2) is 59.5 Å². The van der Waals surface area contributed by atoms with E-state index in [1.54, 1.807) is 30.8 Å². The van der Waals surface area contributed by atoms with Gasteiger partial charge in [0.05, 0.1) is 13.7 Å². The molecule has 5 heteroatoms. The number of urea groups is 1. The summed E-state index contributed by atoms with van der Waals surface area (Å²) in [5.74, 6) is 1.64. The number of benzene rings is 2. The number of hydrogen-bond donors (Lipinski definition) is 1. The van der Waals surface area contributed by atoms with Crippen molar-refractivity contribution < 1.29 is 9.53 Å². The van der Waals surface area contributed by atoms with E-state index in [9.17, 15) is 4.79 Å². The van der Waals surface area contributed by atoms with Crippen molar-refractivity contribution in [3.8, 4) is 5.75 Å². The Morgan fingerprint density at radius 1 is 1.13 bits per heavy atom. The van der Waals surface area contributed by atoms with E-state index in [0.29, 0.717) is 13.1 Å². The summed E-state index contributed by atoms with van der Waals surface area (Å²) in [6.07, 6.45) is 0. The van der Waals surface area contributed by atoms with E-state index in [1.165, 1.54) is 4.90 Å². The monoisotopic (exact) mass is 330 g/mol. The van der Waals surface area contributed by atoms with Crippen LogP contribution in [0, 0.1) is 0 Å². The molecular weight excluding hydrogens is 308 g/mol. The van der Waals surface area contributed by atoms with E-state index in [1.807, 2.05) is 42.5 Å². The first-order chi connectivity index (χ1) is 11.2. The first-order valence-corrected chi connectivity index (χ1v) is 8.48. The molecule has 0 fully saturated rings. The first-order valence-electron chi connectivity index (χ1n) is 7.49. The van der Waals surface area contributed by atoms with Crippen molar-refractivity contribution in [2.24, 2.45) is 0 Å². The van der Waals surface area contributed by atoms with Crippen LogP contribution in [0.25, 0.3) is 0 Å². The SMILES string of the molecule is COc1ccccc1CN(C)C(=O)NCCSc1ccccc1. The third-order valence-corrected chi connectivity index (χ3v) is 4.35. The maximum atomic E-state index is 12.1. The number of nitrogens with zero attached hydrogens (tertiary/aromatic N) is 1. The van der Waals surface area contributed by atoms with E-state index >= 15 is 0 Å². The van der Waals surface area contributed by atoms with Crippen LogP contribution in [0.1, 0.15) is 5.56 Å². The largest absolute Gasteiger partial charge is 0.496 e. The minimum atomic E-state index is -0.0791. The van der Waals surface area contributed by atoms with Crippen molar-refractivity contribution in [3.05, 3.63) is 60.2 Å². The molecule has 23 heavy (non-hydrogen) atoms. The van der Waals surface area contributed by atoms with E-state index in [4.69, 9.17) is 4.74 Å². The van der Waals surface area contributed by atoms with Gasteiger partial charge in [0.25, 0.3) is 0 Å². The van der Waals surface area contributed by atoms with Crippen LogP contribution in [0.3, 0.4) is 0 Å². The summed E-state index contributed by atoms with van der Waals surface area (Å²) in [7, 11) is 3.42. The molecule has 122 valence electrons. The predicted octanol–water partition coefficient (Wildman–Crippen LogP) is 3.63. The van der Waals surface area contributed by atoms with Crippen LogP contribution in [-0.2, 0) is 6.54 Å². The summed E-state index contributed by atoms with van der Waals surface area (Å²) in [5.41, 5.74) is 0.992. The van der Waals surface area contributed by atoms with Gasteiger partial charge in [-0.2, -0.15) is 0 Å². The molecular formula is C18H22N2O2S. The molecule has 1 N–H and O–H groups in total. The molecule has 0 saturated carbocycles. The number of thioether (sulfide) groups is 1. The van der Waals surface area contributed by atoms with Gasteiger partial charge in [-0.3, -0.25) is 0 Å². The van der Waals surface area contributed by atoms with Gasteiger partial charge in [0.15, 0.2) is 0 Å². The number of para-hydroxylation sites is 1. The zero-order valence-electron chi connectivity index (χ0n) is 13.5. The second-order valence-electron chi connectivity index (χ2n) is 5.06. The Morgan fingerprint density at radius 2 is 1.83 bits per heavy atom. The molecule has 0 spiro atoms. The molecule has 0 aliphatic rings. The lowest BCUT2D eigenvalue weighted by molar-refractivity contribution is 0.207. The summed E-state index contributed by atoms with van der Waals surface area (Å²) in [4.78, 5) is 15.0. The molecule has 2 aromatic carbocycles. The van der Waals surface area contributed by atoms with Crippen LogP contribution in [0.2, 0.25) is 0 Å². The molecule has 2 rings (SSSR count). The third-order valence-electron chi connectivity index (χ3n) is 3.34. The Balaban J connectivity index is 1.74. The molecule has 0 atom stereocenters. The number of ether oxygens (including phenoxy) is 1. The zero-order chi connectivity index (χ0) is 16.5. The van der Waals surface area contributed by atoms with Gasteiger partial charge < -0.3 is 15.0 Å². The average Bonchev–Trinajstić information content (AvgIpc) is 2.60. The molecule has 0 unspecified atom stereocenters. The van der Waals surface area contributed by atoms with Gasteiger partial charge in [-0.1, -0.05) is 36.4 Å². The maximum absolute atomic E-state index is 12.1. The van der Waals surface area contributed by atoms with Crippen molar-refractivity contribution >= 4 is 17.8 Å². The van der Waals surface area contributed by atoms with Crippen LogP contribution in [0.4, 0.5) is 4.79 Å². The standard InChI is InChI=1S/C18H22N2O2S/c1-20(14-15-8-6-7-11-17(15)22-2)18(21)19-12-13-23-16-9-4-3-5-10-16/h3-11H,12-14H2,1-2H3,(H,19,21). The Hall–Kier alpha value is -2.14. The second-order valence-corrected chi connectivity index (χ2v) is 6.23. The van der Waals surface area contributed by atoms with Crippen molar-refractivity contribution in [3.63, 3.8) is 0 Å². The predicted molar refractivity (Wildman–Crippen MR) is 95.0 cm³/mol. The molecule has 2 amide bonds. The molecule has 0 aliphatic heterocycles. The average molecular weight is 330 g/mol. The van der Waals surface area contributed by atoms with Gasteiger partial charge in [-0.05, 0) is 18.2 Å². The minimum absolute atomic E-state index is 0.0791. The normalized spacial score (nSPS) is 10.2. The van der Waals surface area contributed by atoms with Crippen LogP contribution in [0.5, 0.6) is 5.75 Å². The van der Waals surface area contributed by atoms with Crippen molar-refractivity contribution in [2.75, 3.05) is 26.5 Å². The summed E-state index contributed by atoms with van der Waals surface area (Å²) >= 11 is 1.73. The fourth-order valence-corrected chi connectivity index (χ4v) is 2.93. The lowest BCUT2D eigenvalue weighted by Crippen LogP contribution is -2.37. The number of hydrogen-bond acceptors (Lipinski definition) is 3. The fourth-order valence-electron chi connectivity index (χ4n) is 2.14. The first kappa shape index (κ1) is 17.2. The highest BCUT2D eigenvalue weighted by Crippen LogP contribution is 2.19. The zero-order valence-corrected chi connectivity index (χ0v) is 14.3. The molecule has 0 bridgehead atoms. The van der Waals surface area contributed by atoms with Gasteiger partial charge in [-0.25, -0.2) is 4.79 Å². The van der Waals surface area contributed by atoms with Gasteiger partial charge in [0.1, 0.15) is 5.75 Å². The van der Waals surface area contributed by atoms with Crippen molar-refractivity contribution in [1.29, 1.82) is 0 Å². The molecule has 2 aromatic rings. The quantitative estimate of drug-likeness (QED) is 0.623. The second kappa shape index (κ2) is 9.10. The summed E-state index contributed by atoms with van der Waals surface area (Å²) in [6.45, 7) is 1.15. The highest BCUT2D eigenvalue weighted by molar-refractivity contribution is 7.99. The number of carbonyl (C=O) groups excluding carboxylic acids is 1. The minimum Gasteiger partial charge on any atom is -0.496 e. The Morgan fingerprint density at radius 3 is 2.57 bits per heavy atom. The maximum Gasteiger partial charge on any atom is 0.317 e. The molecule has 4 nitrogen and oxygen atoms in total. The van der Waals surface area contributed by atoms with E-state index in [0.717, 1.165) is 17.1 Å². The summed E-state index contributed by atoms with van der Waals surface area (Å²) in [5, 5.41) is 2.94. The van der Waals surface area contributed by atoms with Gasteiger partial charge in [-0.15, -0.1) is 11.8 Å². The highest BCUT2D eigenvalue weighted by atomic mass is 32.2. The van der Waals surface area contributed by atoms with E-state index in [2.05, 4.69) is 17.4 Å². The third kappa shape index (κ3) is 5.53. The van der Waals surface area contributed by atoms with Gasteiger partial charge in [0.2, 0.25) is 0 Å². The van der Waals surface area contributed by atoms with Gasteiger partial charge in [0, 0.05) is 29.8 Å². The number of rotatable bonds is 7. The Bertz CT molecular complexity index is 619. The van der Waals surface area contributed by atoms with Gasteiger partial charge >= 0.3 is 6.03 Å². The number of methoxy groups -OCH3 is 1. The lowest BCUT2D eigenvalue weighted by Gasteiger charge is -2.19. The summed E-state index contributed by atoms with van der Waals surface area (Å²) in [6, 6.07) is 17.8. The van der Waals surface area contributed by atoms with Crippen molar-refractivity contribution in [2.45, 2.75) is 11.4 Å². The Kier molecular flexibility index (Phi) is 6.81. The lowest BCUT2D eigenvalue weighted by atomic mass is 10.2. The molecule has 0 radical (unpaired) electrons. The Labute approximate surface area is 141 Å². The van der Waals surface area contributed by atoms with Crippen LogP contribution >= 0.6 is 11.8 Å². The topological polar surface area (TPSA) is 41.6 Å². The molecule has 0 heterocycles. The number of carbonyl (C=O) groups is 1. The van der Waals surface area contributed by atoms with E-state index in [-0.39, 0.29) is 6.03 Å². The fraction of sp³-hybridized carbons (Fsp3) is 0.278. The van der Waals surface area contributed by atoms with E-state index < -0.39 is 0 Å². The van der Waals surface area contributed by atoms with Crippen LogP contribution < -0.4 is 10.1 Å². The smallest absolute Gasteiger partial charge is 0.317 e. The van der Waals surface area contributed by atoms with Crippen LogP contribution in [-0.4, -0.2) is 37.4 Å². The molecule has 0 aliphatic carbocycles. The molecule has 0 saturated heterocycles. The number of amides is 2. The highest BCUT2D eigenvalue weighted by Gasteiger charge is 2.11. The number of nitrogens with one attached hydrogen (secondary N) is 1. The molecule has 0 aromatic heterocycles.